The molecule has 3 nitrogen and oxygen atoms in total. The van der Waals surface area contributed by atoms with Crippen LogP contribution >= 0.6 is 8.58 Å². The Morgan fingerprint density at radius 2 is 1.53 bits per heavy atom. The maximum atomic E-state index is 8.87. The summed E-state index contributed by atoms with van der Waals surface area (Å²) in [6.07, 6.45) is 7.14. The van der Waals surface area contributed by atoms with Crippen LogP contribution in [0.5, 0.6) is 0 Å². The molecule has 2 unspecified atom stereocenters. The van der Waals surface area contributed by atoms with E-state index >= 15 is 0 Å². The maximum Gasteiger partial charge on any atom is 0.182 e. The first kappa shape index (κ1) is 18.7. The van der Waals surface area contributed by atoms with Crippen LogP contribution in [0.15, 0.2) is 0 Å². The molecule has 5 heteroatoms. The highest BCUT2D eigenvalue weighted by Crippen LogP contribution is 2.26. The second-order valence-corrected chi connectivity index (χ2v) is 5.60. The number of rotatable bonds is 8. The highest BCUT2D eigenvalue weighted by molar-refractivity contribution is 7.39. The summed E-state index contributed by atoms with van der Waals surface area (Å²) < 4.78 is 0. The van der Waals surface area contributed by atoms with Crippen LogP contribution in [0.25, 0.3) is 0 Å². The lowest BCUT2D eigenvalue weighted by Gasteiger charge is -2.02. The zero-order valence-corrected chi connectivity index (χ0v) is 12.9. The van der Waals surface area contributed by atoms with Crippen molar-refractivity contribution in [2.45, 2.75) is 44.7 Å². The van der Waals surface area contributed by atoms with Crippen molar-refractivity contribution in [2.75, 3.05) is 6.16 Å². The van der Waals surface area contributed by atoms with Crippen molar-refractivity contribution < 1.29 is 17.0 Å². The first-order valence-corrected chi connectivity index (χ1v) is 7.30. The Hall–Kier alpha value is -0.620. The lowest BCUT2D eigenvalue weighted by Crippen LogP contribution is -3.00. The molecule has 0 aliphatic heterocycles. The van der Waals surface area contributed by atoms with Gasteiger partial charge in [-0.2, -0.15) is 15.8 Å². The van der Waals surface area contributed by atoms with E-state index in [4.69, 9.17) is 15.8 Å². The molecule has 0 rings (SSSR count). The van der Waals surface area contributed by atoms with Crippen molar-refractivity contribution in [2.24, 2.45) is 5.92 Å². The largest absolute Gasteiger partial charge is 1.00 e. The molecule has 0 heterocycles. The molecule has 0 aliphatic carbocycles. The number of hydrogen-bond acceptors (Lipinski definition) is 3. The van der Waals surface area contributed by atoms with E-state index < -0.39 is 5.92 Å². The third kappa shape index (κ3) is 9.12. The normalized spacial score (nSPS) is 11.5. The number of unbranched alkanes of at least 4 members (excludes halogenated alkanes) is 4. The molecule has 0 bridgehead atoms. The molecule has 0 saturated heterocycles. The van der Waals surface area contributed by atoms with Crippen molar-refractivity contribution in [3.05, 3.63) is 0 Å². The van der Waals surface area contributed by atoms with Gasteiger partial charge < -0.3 is 17.0 Å². The molecule has 0 aromatic carbocycles. The van der Waals surface area contributed by atoms with E-state index in [2.05, 4.69) is 13.0 Å². The SMILES string of the molecule is CCCCCCC[PH2+]C(C#N)C(C#N)C#N.[Br-]. The predicted octanol–water partition coefficient (Wildman–Crippen LogP) is -0.0729. The van der Waals surface area contributed by atoms with Gasteiger partial charge in [-0.3, -0.25) is 0 Å². The predicted molar refractivity (Wildman–Crippen MR) is 67.5 cm³/mol. The Balaban J connectivity index is 0. The molecule has 0 spiro atoms. The van der Waals surface area contributed by atoms with Crippen LogP contribution in [-0.2, 0) is 0 Å². The van der Waals surface area contributed by atoms with Gasteiger partial charge in [0, 0.05) is 8.58 Å². The van der Waals surface area contributed by atoms with Gasteiger partial charge in [0.1, 0.15) is 6.07 Å². The van der Waals surface area contributed by atoms with Gasteiger partial charge in [0.05, 0.1) is 18.3 Å². The summed E-state index contributed by atoms with van der Waals surface area (Å²) in [5.74, 6) is -0.726. The summed E-state index contributed by atoms with van der Waals surface area (Å²) in [6.45, 7) is 2.18. The van der Waals surface area contributed by atoms with Gasteiger partial charge in [-0.25, -0.2) is 0 Å². The maximum absolute atomic E-state index is 8.87. The van der Waals surface area contributed by atoms with Crippen LogP contribution in [-0.4, -0.2) is 11.8 Å². The molecule has 0 saturated carbocycles. The van der Waals surface area contributed by atoms with E-state index in [0.717, 1.165) is 12.6 Å². The van der Waals surface area contributed by atoms with Crippen molar-refractivity contribution in [1.82, 2.24) is 0 Å². The molecule has 0 fully saturated rings. The van der Waals surface area contributed by atoms with Gasteiger partial charge in [0.15, 0.2) is 11.6 Å². The van der Waals surface area contributed by atoms with Crippen molar-refractivity contribution in [3.63, 3.8) is 0 Å². The van der Waals surface area contributed by atoms with Gasteiger partial charge in [-0.15, -0.1) is 0 Å². The minimum Gasteiger partial charge on any atom is -1.00 e. The zero-order valence-electron chi connectivity index (χ0n) is 10.2. The molecule has 0 N–H and O–H groups in total. The molecule has 17 heavy (non-hydrogen) atoms. The monoisotopic (exact) mass is 315 g/mol. The van der Waals surface area contributed by atoms with Gasteiger partial charge in [0.25, 0.3) is 0 Å². The van der Waals surface area contributed by atoms with Crippen LogP contribution in [0.2, 0.25) is 0 Å². The summed E-state index contributed by atoms with van der Waals surface area (Å²) in [4.78, 5) is 0. The Morgan fingerprint density at radius 3 is 2.00 bits per heavy atom. The lowest BCUT2D eigenvalue weighted by molar-refractivity contribution is -0.00000413. The summed E-state index contributed by atoms with van der Waals surface area (Å²) in [5.41, 5.74) is -0.332. The fourth-order valence-corrected chi connectivity index (χ4v) is 2.93. The summed E-state index contributed by atoms with van der Waals surface area (Å²) in [7, 11) is -0.0807. The smallest absolute Gasteiger partial charge is 0.182 e. The Morgan fingerprint density at radius 1 is 0.941 bits per heavy atom. The molecular weight excluding hydrogens is 297 g/mol. The molecule has 0 aliphatic rings. The fourth-order valence-electron chi connectivity index (χ4n) is 1.50. The van der Waals surface area contributed by atoms with Crippen molar-refractivity contribution >= 4 is 8.58 Å². The zero-order chi connectivity index (χ0) is 12.2. The number of hydrogen-bond donors (Lipinski definition) is 0. The molecule has 94 valence electrons. The van der Waals surface area contributed by atoms with E-state index in [1.165, 1.54) is 25.7 Å². The quantitative estimate of drug-likeness (QED) is 0.465. The van der Waals surface area contributed by atoms with Gasteiger partial charge >= 0.3 is 0 Å². The van der Waals surface area contributed by atoms with Crippen molar-refractivity contribution in [3.8, 4) is 18.2 Å². The van der Waals surface area contributed by atoms with Crippen LogP contribution in [0, 0.1) is 39.9 Å². The topological polar surface area (TPSA) is 71.4 Å². The Kier molecular flexibility index (Phi) is 14.8. The molecule has 0 amide bonds. The third-order valence-corrected chi connectivity index (χ3v) is 4.30. The van der Waals surface area contributed by atoms with E-state index in [9.17, 15) is 0 Å². The number of halogens is 1. The van der Waals surface area contributed by atoms with Crippen LogP contribution in [0.4, 0.5) is 0 Å². The average Bonchev–Trinajstić information content (AvgIpc) is 2.32. The van der Waals surface area contributed by atoms with Crippen LogP contribution < -0.4 is 17.0 Å². The number of nitriles is 3. The van der Waals surface area contributed by atoms with Gasteiger partial charge in [-0.05, 0) is 12.8 Å². The highest BCUT2D eigenvalue weighted by Gasteiger charge is 2.25. The highest BCUT2D eigenvalue weighted by atomic mass is 79.9. The number of nitrogens with zero attached hydrogens (tertiary/aromatic N) is 3. The standard InChI is InChI=1S/C12H18N3P.BrH/c1-2-3-4-5-6-7-16-12(10-15)11(8-13)9-14;/h11-12,16H,2-7H2,1H3;1H. The molecule has 0 aromatic rings. The summed E-state index contributed by atoms with van der Waals surface area (Å²) in [6, 6.07) is 5.90. The van der Waals surface area contributed by atoms with E-state index in [1.807, 2.05) is 12.1 Å². The van der Waals surface area contributed by atoms with Crippen LogP contribution in [0.3, 0.4) is 0 Å². The molecule has 2 atom stereocenters. The van der Waals surface area contributed by atoms with E-state index in [0.29, 0.717) is 0 Å². The molecule has 0 radical (unpaired) electrons. The summed E-state index contributed by atoms with van der Waals surface area (Å²) >= 11 is 0. The van der Waals surface area contributed by atoms with Gasteiger partial charge in [0.2, 0.25) is 0 Å². The third-order valence-electron chi connectivity index (χ3n) is 2.51. The average molecular weight is 316 g/mol. The Labute approximate surface area is 116 Å². The first-order chi connectivity index (χ1) is 7.79. The lowest BCUT2D eigenvalue weighted by atomic mass is 10.1. The fraction of sp³-hybridized carbons (Fsp3) is 0.750. The minimum atomic E-state index is -0.726. The second-order valence-electron chi connectivity index (χ2n) is 3.83. The van der Waals surface area contributed by atoms with Crippen LogP contribution in [0.1, 0.15) is 39.0 Å². The molecular formula is C12H19BrN3P. The van der Waals surface area contributed by atoms with Crippen molar-refractivity contribution in [1.29, 1.82) is 15.8 Å². The van der Waals surface area contributed by atoms with E-state index in [-0.39, 0.29) is 31.2 Å². The first-order valence-electron chi connectivity index (χ1n) is 5.82. The van der Waals surface area contributed by atoms with E-state index in [1.54, 1.807) is 0 Å². The second kappa shape index (κ2) is 13.4. The minimum absolute atomic E-state index is 0. The Bertz CT molecular complexity index is 286. The van der Waals surface area contributed by atoms with Gasteiger partial charge in [-0.1, -0.05) is 26.2 Å². The summed E-state index contributed by atoms with van der Waals surface area (Å²) in [5, 5.41) is 26.2. The molecule has 0 aromatic heterocycles.